The molecule has 0 spiro atoms. The van der Waals surface area contributed by atoms with E-state index in [2.05, 4.69) is 4.98 Å². The molecule has 0 radical (unpaired) electrons. The number of ether oxygens (including phenoxy) is 1. The molecule has 3 rings (SSSR count). The topological polar surface area (TPSA) is 39.2 Å². The van der Waals surface area contributed by atoms with Gasteiger partial charge in [0.2, 0.25) is 0 Å². The number of fused-ring (bicyclic) bond motifs is 1. The van der Waals surface area contributed by atoms with Crippen molar-refractivity contribution in [3.63, 3.8) is 0 Å². The number of aromatic nitrogens is 1. The summed E-state index contributed by atoms with van der Waals surface area (Å²) in [6.45, 7) is 1.81. The van der Waals surface area contributed by atoms with E-state index in [1.165, 1.54) is 6.07 Å². The Balaban J connectivity index is 1.61. The molecule has 3 nitrogen and oxygen atoms in total. The van der Waals surface area contributed by atoms with E-state index in [1.54, 1.807) is 24.4 Å². The molecular weight excluding hydrogens is 305 g/mol. The SMILES string of the molecule is CC(OC(=O)CCc1ccccc1F)c1cnc2ccccc2c1. The smallest absolute Gasteiger partial charge is 0.306 e. The van der Waals surface area contributed by atoms with E-state index in [-0.39, 0.29) is 18.2 Å². The molecule has 1 heterocycles. The summed E-state index contributed by atoms with van der Waals surface area (Å²) >= 11 is 0. The van der Waals surface area contributed by atoms with Gasteiger partial charge in [0, 0.05) is 23.6 Å². The van der Waals surface area contributed by atoms with Crippen LogP contribution in [0.1, 0.15) is 30.6 Å². The number of nitrogens with zero attached hydrogens (tertiary/aromatic N) is 1. The van der Waals surface area contributed by atoms with Gasteiger partial charge in [-0.2, -0.15) is 0 Å². The van der Waals surface area contributed by atoms with Gasteiger partial charge >= 0.3 is 5.97 Å². The van der Waals surface area contributed by atoms with Crippen molar-refractivity contribution in [2.45, 2.75) is 25.9 Å². The number of rotatable bonds is 5. The Morgan fingerprint density at radius 1 is 1.17 bits per heavy atom. The lowest BCUT2D eigenvalue weighted by Gasteiger charge is -2.14. The lowest BCUT2D eigenvalue weighted by Crippen LogP contribution is -2.10. The van der Waals surface area contributed by atoms with Crippen molar-refractivity contribution in [1.29, 1.82) is 0 Å². The standard InChI is InChI=1S/C20H18FNO2/c1-14(17-12-16-7-3-5-9-19(16)22-13-17)24-20(23)11-10-15-6-2-4-8-18(15)21/h2-9,12-14H,10-11H2,1H3. The van der Waals surface area contributed by atoms with Crippen LogP contribution < -0.4 is 0 Å². The minimum absolute atomic E-state index is 0.145. The molecule has 4 heteroatoms. The van der Waals surface area contributed by atoms with Crippen LogP contribution in [0, 0.1) is 5.82 Å². The highest BCUT2D eigenvalue weighted by Gasteiger charge is 2.13. The van der Waals surface area contributed by atoms with Gasteiger partial charge in [-0.3, -0.25) is 9.78 Å². The zero-order valence-corrected chi connectivity index (χ0v) is 13.4. The van der Waals surface area contributed by atoms with E-state index in [0.29, 0.717) is 12.0 Å². The van der Waals surface area contributed by atoms with Crippen LogP contribution in [0.3, 0.4) is 0 Å². The molecule has 1 unspecified atom stereocenters. The lowest BCUT2D eigenvalue weighted by molar-refractivity contribution is -0.148. The minimum Gasteiger partial charge on any atom is -0.458 e. The second kappa shape index (κ2) is 7.21. The number of hydrogen-bond donors (Lipinski definition) is 0. The molecule has 122 valence electrons. The molecule has 1 atom stereocenters. The number of esters is 1. The zero-order valence-electron chi connectivity index (χ0n) is 13.4. The van der Waals surface area contributed by atoms with E-state index in [1.807, 2.05) is 37.3 Å². The van der Waals surface area contributed by atoms with Gasteiger partial charge in [0.15, 0.2) is 0 Å². The van der Waals surface area contributed by atoms with Crippen molar-refractivity contribution in [3.05, 3.63) is 77.7 Å². The summed E-state index contributed by atoms with van der Waals surface area (Å²) < 4.78 is 19.0. The normalized spacial score (nSPS) is 12.1. The fraction of sp³-hybridized carbons (Fsp3) is 0.200. The molecule has 0 saturated carbocycles. The Morgan fingerprint density at radius 3 is 2.75 bits per heavy atom. The van der Waals surface area contributed by atoms with Gasteiger partial charge in [-0.25, -0.2) is 4.39 Å². The number of carbonyl (C=O) groups excluding carboxylic acids is 1. The van der Waals surface area contributed by atoms with Crippen molar-refractivity contribution < 1.29 is 13.9 Å². The van der Waals surface area contributed by atoms with Gasteiger partial charge in [-0.1, -0.05) is 36.4 Å². The molecule has 0 amide bonds. The average Bonchev–Trinajstić information content (AvgIpc) is 2.60. The number of para-hydroxylation sites is 1. The quantitative estimate of drug-likeness (QED) is 0.644. The van der Waals surface area contributed by atoms with E-state index < -0.39 is 6.10 Å². The first-order valence-electron chi connectivity index (χ1n) is 7.91. The summed E-state index contributed by atoms with van der Waals surface area (Å²) in [7, 11) is 0. The van der Waals surface area contributed by atoms with Crippen LogP contribution in [0.15, 0.2) is 60.8 Å². The summed E-state index contributed by atoms with van der Waals surface area (Å²) in [4.78, 5) is 16.4. The van der Waals surface area contributed by atoms with Crippen LogP contribution in [-0.2, 0) is 16.0 Å². The lowest BCUT2D eigenvalue weighted by atomic mass is 10.1. The van der Waals surface area contributed by atoms with Crippen molar-refractivity contribution in [1.82, 2.24) is 4.98 Å². The van der Waals surface area contributed by atoms with Gasteiger partial charge < -0.3 is 4.74 Å². The summed E-state index contributed by atoms with van der Waals surface area (Å²) in [5, 5.41) is 1.00. The average molecular weight is 323 g/mol. The Bertz CT molecular complexity index is 863. The third-order valence-corrected chi connectivity index (χ3v) is 3.95. The maximum atomic E-state index is 13.6. The molecule has 0 fully saturated rings. The molecule has 0 N–H and O–H groups in total. The Labute approximate surface area is 140 Å². The van der Waals surface area contributed by atoms with E-state index in [0.717, 1.165) is 16.5 Å². The second-order valence-corrected chi connectivity index (χ2v) is 5.68. The van der Waals surface area contributed by atoms with Gasteiger partial charge in [-0.15, -0.1) is 0 Å². The Hall–Kier alpha value is -2.75. The molecule has 0 saturated heterocycles. The first kappa shape index (κ1) is 16.1. The highest BCUT2D eigenvalue weighted by atomic mass is 19.1. The maximum Gasteiger partial charge on any atom is 0.306 e. The summed E-state index contributed by atoms with van der Waals surface area (Å²) in [6, 6.07) is 16.2. The van der Waals surface area contributed by atoms with Crippen LogP contribution in [0.25, 0.3) is 10.9 Å². The van der Waals surface area contributed by atoms with E-state index in [9.17, 15) is 9.18 Å². The summed E-state index contributed by atoms with van der Waals surface area (Å²) in [5.41, 5.74) is 2.27. The van der Waals surface area contributed by atoms with Crippen LogP contribution in [0.4, 0.5) is 4.39 Å². The monoisotopic (exact) mass is 323 g/mol. The maximum absolute atomic E-state index is 13.6. The number of pyridine rings is 1. The summed E-state index contributed by atoms with van der Waals surface area (Å²) in [5.74, 6) is -0.643. The largest absolute Gasteiger partial charge is 0.458 e. The highest BCUT2D eigenvalue weighted by Crippen LogP contribution is 2.21. The molecule has 3 aromatic rings. The van der Waals surface area contributed by atoms with E-state index in [4.69, 9.17) is 4.74 Å². The molecular formula is C20H18FNO2. The number of aryl methyl sites for hydroxylation is 1. The molecule has 1 aromatic heterocycles. The molecule has 0 aliphatic rings. The number of hydrogen-bond acceptors (Lipinski definition) is 3. The number of benzene rings is 2. The fourth-order valence-corrected chi connectivity index (χ4v) is 2.57. The first-order chi connectivity index (χ1) is 11.6. The number of halogens is 1. The van der Waals surface area contributed by atoms with Crippen LogP contribution in [0.2, 0.25) is 0 Å². The van der Waals surface area contributed by atoms with Crippen LogP contribution >= 0.6 is 0 Å². The van der Waals surface area contributed by atoms with Crippen LogP contribution in [-0.4, -0.2) is 11.0 Å². The van der Waals surface area contributed by atoms with E-state index >= 15 is 0 Å². The van der Waals surface area contributed by atoms with Gasteiger partial charge in [0.1, 0.15) is 11.9 Å². The zero-order chi connectivity index (χ0) is 16.9. The Kier molecular flexibility index (Phi) is 4.85. The third kappa shape index (κ3) is 3.77. The predicted molar refractivity (Wildman–Crippen MR) is 91.0 cm³/mol. The predicted octanol–water partition coefficient (Wildman–Crippen LogP) is 4.61. The fourth-order valence-electron chi connectivity index (χ4n) is 2.57. The van der Waals surface area contributed by atoms with Crippen molar-refractivity contribution in [2.24, 2.45) is 0 Å². The Morgan fingerprint density at radius 2 is 1.92 bits per heavy atom. The van der Waals surface area contributed by atoms with Gasteiger partial charge in [0.25, 0.3) is 0 Å². The van der Waals surface area contributed by atoms with Crippen LogP contribution in [0.5, 0.6) is 0 Å². The van der Waals surface area contributed by atoms with Gasteiger partial charge in [-0.05, 0) is 37.1 Å². The molecule has 24 heavy (non-hydrogen) atoms. The molecule has 0 bridgehead atoms. The third-order valence-electron chi connectivity index (χ3n) is 3.95. The number of carbonyl (C=O) groups is 1. The second-order valence-electron chi connectivity index (χ2n) is 5.68. The van der Waals surface area contributed by atoms with Crippen molar-refractivity contribution >= 4 is 16.9 Å². The first-order valence-corrected chi connectivity index (χ1v) is 7.91. The summed E-state index contributed by atoms with van der Waals surface area (Å²) in [6.07, 6.45) is 1.80. The minimum atomic E-state index is -0.393. The highest BCUT2D eigenvalue weighted by molar-refractivity contribution is 5.79. The molecule has 0 aliphatic heterocycles. The van der Waals surface area contributed by atoms with Crippen molar-refractivity contribution in [2.75, 3.05) is 0 Å². The molecule has 0 aliphatic carbocycles. The van der Waals surface area contributed by atoms with Crippen molar-refractivity contribution in [3.8, 4) is 0 Å². The van der Waals surface area contributed by atoms with Gasteiger partial charge in [0.05, 0.1) is 5.52 Å². The molecule has 2 aromatic carbocycles.